The molecule has 0 saturated heterocycles. The van der Waals surface area contributed by atoms with Crippen LogP contribution in [0.5, 0.6) is 11.5 Å². The van der Waals surface area contributed by atoms with E-state index >= 15 is 0 Å². The third-order valence-corrected chi connectivity index (χ3v) is 2.75. The summed E-state index contributed by atoms with van der Waals surface area (Å²) in [7, 11) is 4.52. The topological polar surface area (TPSA) is 74.2 Å². The highest BCUT2D eigenvalue weighted by atomic mass is 16.5. The molecule has 0 radical (unpaired) electrons. The Balaban J connectivity index is 3.23. The summed E-state index contributed by atoms with van der Waals surface area (Å²) >= 11 is 0. The van der Waals surface area contributed by atoms with E-state index in [1.165, 1.54) is 21.3 Å². The number of carbonyl (C=O) groups is 1. The molecule has 0 spiro atoms. The van der Waals surface area contributed by atoms with Crippen LogP contribution in [0, 0.1) is 0 Å². The van der Waals surface area contributed by atoms with Crippen molar-refractivity contribution in [2.24, 2.45) is 0 Å². The highest BCUT2D eigenvalue weighted by molar-refractivity contribution is 5.77. The van der Waals surface area contributed by atoms with Gasteiger partial charge in [-0.15, -0.1) is 0 Å². The van der Waals surface area contributed by atoms with Gasteiger partial charge in [0.05, 0.1) is 27.4 Å². The minimum atomic E-state index is -1.39. The first-order valence-corrected chi connectivity index (χ1v) is 6.17. The van der Waals surface area contributed by atoms with Crippen LogP contribution in [0.2, 0.25) is 0 Å². The molecule has 0 aliphatic rings. The van der Waals surface area contributed by atoms with Gasteiger partial charge in [-0.05, 0) is 24.6 Å². The zero-order chi connectivity index (χ0) is 15.1. The summed E-state index contributed by atoms with van der Waals surface area (Å²) in [4.78, 5) is 11.7. The maximum atomic E-state index is 11.7. The molecule has 20 heavy (non-hydrogen) atoms. The maximum absolute atomic E-state index is 11.7. The molecule has 112 valence electrons. The number of hydrogen-bond donors (Lipinski definition) is 1. The first-order valence-electron chi connectivity index (χ1n) is 6.17. The molecule has 0 aliphatic carbocycles. The largest absolute Gasteiger partial charge is 0.493 e. The van der Waals surface area contributed by atoms with Crippen LogP contribution in [-0.4, -0.2) is 39.0 Å². The fourth-order valence-corrected chi connectivity index (χ4v) is 1.82. The lowest BCUT2D eigenvalue weighted by molar-refractivity contribution is -0.153. The first-order chi connectivity index (χ1) is 9.58. The van der Waals surface area contributed by atoms with Crippen molar-refractivity contribution in [3.8, 4) is 11.5 Å². The van der Waals surface area contributed by atoms with Crippen LogP contribution in [-0.2, 0) is 20.9 Å². The van der Waals surface area contributed by atoms with E-state index < -0.39 is 12.1 Å². The highest BCUT2D eigenvalue weighted by Crippen LogP contribution is 2.34. The minimum Gasteiger partial charge on any atom is -0.493 e. The monoisotopic (exact) mass is 284 g/mol. The van der Waals surface area contributed by atoms with Gasteiger partial charge in [-0.2, -0.15) is 0 Å². The third kappa shape index (κ3) is 3.61. The number of methoxy groups -OCH3 is 3. The molecule has 1 aromatic rings. The van der Waals surface area contributed by atoms with Crippen molar-refractivity contribution >= 4 is 5.97 Å². The van der Waals surface area contributed by atoms with Crippen LogP contribution in [0.4, 0.5) is 0 Å². The third-order valence-electron chi connectivity index (χ3n) is 2.75. The molecule has 6 heteroatoms. The SMILES string of the molecule is CCOC(=O)C(O)c1cc(OC)c(OC)cc1COC. The number of aliphatic hydroxyl groups is 1. The molecular weight excluding hydrogens is 264 g/mol. The van der Waals surface area contributed by atoms with Gasteiger partial charge in [0.1, 0.15) is 0 Å². The van der Waals surface area contributed by atoms with E-state index in [0.29, 0.717) is 22.6 Å². The second-order valence-corrected chi connectivity index (χ2v) is 3.99. The van der Waals surface area contributed by atoms with E-state index in [-0.39, 0.29) is 13.2 Å². The number of benzene rings is 1. The molecule has 0 aromatic heterocycles. The summed E-state index contributed by atoms with van der Waals surface area (Å²) in [5.41, 5.74) is 1.01. The number of hydrogen-bond acceptors (Lipinski definition) is 6. The Morgan fingerprint density at radius 2 is 1.80 bits per heavy atom. The van der Waals surface area contributed by atoms with Crippen molar-refractivity contribution < 1.29 is 28.8 Å². The van der Waals surface area contributed by atoms with E-state index in [0.717, 1.165) is 0 Å². The van der Waals surface area contributed by atoms with E-state index in [9.17, 15) is 9.90 Å². The fourth-order valence-electron chi connectivity index (χ4n) is 1.82. The summed E-state index contributed by atoms with van der Waals surface area (Å²) in [5, 5.41) is 10.1. The zero-order valence-corrected chi connectivity index (χ0v) is 12.1. The van der Waals surface area contributed by atoms with E-state index in [1.54, 1.807) is 19.1 Å². The highest BCUT2D eigenvalue weighted by Gasteiger charge is 2.24. The second kappa shape index (κ2) is 7.72. The van der Waals surface area contributed by atoms with Crippen LogP contribution in [0.3, 0.4) is 0 Å². The molecule has 0 bridgehead atoms. The molecule has 1 unspecified atom stereocenters. The van der Waals surface area contributed by atoms with Crippen molar-refractivity contribution in [3.63, 3.8) is 0 Å². The summed E-state index contributed by atoms with van der Waals surface area (Å²) < 4.78 is 20.2. The number of rotatable bonds is 7. The average molecular weight is 284 g/mol. The van der Waals surface area contributed by atoms with Crippen molar-refractivity contribution in [1.29, 1.82) is 0 Å². The normalized spacial score (nSPS) is 11.8. The molecule has 0 aliphatic heterocycles. The predicted octanol–water partition coefficient (Wildman–Crippen LogP) is 1.45. The van der Waals surface area contributed by atoms with E-state index in [1.807, 2.05) is 0 Å². The molecule has 0 heterocycles. The summed E-state index contributed by atoms with van der Waals surface area (Å²) in [6.07, 6.45) is -1.39. The Morgan fingerprint density at radius 1 is 1.20 bits per heavy atom. The van der Waals surface area contributed by atoms with Crippen LogP contribution in [0.15, 0.2) is 12.1 Å². The smallest absolute Gasteiger partial charge is 0.339 e. The van der Waals surface area contributed by atoms with Gasteiger partial charge in [-0.25, -0.2) is 4.79 Å². The van der Waals surface area contributed by atoms with Gasteiger partial charge in [-0.1, -0.05) is 0 Å². The lowest BCUT2D eigenvalue weighted by Gasteiger charge is -2.17. The van der Waals surface area contributed by atoms with Gasteiger partial charge in [0.2, 0.25) is 0 Å². The molecule has 1 atom stereocenters. The lowest BCUT2D eigenvalue weighted by Crippen LogP contribution is -2.17. The number of ether oxygens (including phenoxy) is 4. The maximum Gasteiger partial charge on any atom is 0.339 e. The summed E-state index contributed by atoms with van der Waals surface area (Å²) in [5.74, 6) is 0.210. The van der Waals surface area contributed by atoms with Crippen LogP contribution >= 0.6 is 0 Å². The fraction of sp³-hybridized carbons (Fsp3) is 0.500. The lowest BCUT2D eigenvalue weighted by atomic mass is 10.0. The van der Waals surface area contributed by atoms with Gasteiger partial charge < -0.3 is 24.1 Å². The Labute approximate surface area is 118 Å². The summed E-state index contributed by atoms with van der Waals surface area (Å²) in [6, 6.07) is 3.22. The molecule has 1 N–H and O–H groups in total. The zero-order valence-electron chi connectivity index (χ0n) is 12.1. The number of esters is 1. The van der Waals surface area contributed by atoms with E-state index in [4.69, 9.17) is 18.9 Å². The molecule has 0 amide bonds. The number of carbonyl (C=O) groups excluding carboxylic acids is 1. The molecule has 1 aromatic carbocycles. The Morgan fingerprint density at radius 3 is 2.30 bits per heavy atom. The van der Waals surface area contributed by atoms with Crippen molar-refractivity contribution in [2.45, 2.75) is 19.6 Å². The van der Waals surface area contributed by atoms with Gasteiger partial charge in [0, 0.05) is 12.7 Å². The average Bonchev–Trinajstić information content (AvgIpc) is 2.46. The van der Waals surface area contributed by atoms with Crippen molar-refractivity contribution in [2.75, 3.05) is 27.9 Å². The molecule has 0 saturated carbocycles. The Hall–Kier alpha value is -1.79. The second-order valence-electron chi connectivity index (χ2n) is 3.99. The van der Waals surface area contributed by atoms with Crippen LogP contribution < -0.4 is 9.47 Å². The van der Waals surface area contributed by atoms with Gasteiger partial charge in [0.25, 0.3) is 0 Å². The van der Waals surface area contributed by atoms with Gasteiger partial charge in [0.15, 0.2) is 17.6 Å². The van der Waals surface area contributed by atoms with Crippen molar-refractivity contribution in [1.82, 2.24) is 0 Å². The van der Waals surface area contributed by atoms with Crippen LogP contribution in [0.25, 0.3) is 0 Å². The minimum absolute atomic E-state index is 0.197. The predicted molar refractivity (Wildman–Crippen MR) is 71.9 cm³/mol. The standard InChI is InChI=1S/C14H20O6/c1-5-20-14(16)13(15)10-7-12(19-4)11(18-3)6-9(10)8-17-2/h6-7,13,15H,5,8H2,1-4H3. The molecule has 0 fully saturated rings. The van der Waals surface area contributed by atoms with Gasteiger partial charge >= 0.3 is 5.97 Å². The van der Waals surface area contributed by atoms with Crippen molar-refractivity contribution in [3.05, 3.63) is 23.3 Å². The molecule has 6 nitrogen and oxygen atoms in total. The van der Waals surface area contributed by atoms with Gasteiger partial charge in [-0.3, -0.25) is 0 Å². The Kier molecular flexibility index (Phi) is 6.27. The Bertz CT molecular complexity index is 457. The summed E-state index contributed by atoms with van der Waals surface area (Å²) in [6.45, 7) is 2.10. The number of aliphatic hydroxyl groups excluding tert-OH is 1. The van der Waals surface area contributed by atoms with E-state index in [2.05, 4.69) is 0 Å². The molecular formula is C14H20O6. The quantitative estimate of drug-likeness (QED) is 0.764. The van der Waals surface area contributed by atoms with Crippen LogP contribution in [0.1, 0.15) is 24.2 Å². The molecule has 1 rings (SSSR count). The first kappa shape index (κ1) is 16.3.